The molecule has 0 aliphatic rings. The minimum absolute atomic E-state index is 0.136. The molecule has 0 atom stereocenters. The van der Waals surface area contributed by atoms with E-state index in [1.165, 1.54) is 36.7 Å². The third-order valence-corrected chi connectivity index (χ3v) is 2.35. The lowest BCUT2D eigenvalue weighted by Crippen LogP contribution is -2.13. The van der Waals surface area contributed by atoms with E-state index in [-0.39, 0.29) is 22.2 Å². The van der Waals surface area contributed by atoms with Crippen molar-refractivity contribution < 1.29 is 9.72 Å². The highest BCUT2D eigenvalue weighted by Gasteiger charge is 2.12. The Labute approximate surface area is 112 Å². The summed E-state index contributed by atoms with van der Waals surface area (Å²) in [6.45, 7) is 0. The van der Waals surface area contributed by atoms with Crippen molar-refractivity contribution in [3.63, 3.8) is 0 Å². The van der Waals surface area contributed by atoms with Crippen molar-refractivity contribution in [2.45, 2.75) is 0 Å². The zero-order chi connectivity index (χ0) is 13.8. The van der Waals surface area contributed by atoms with Gasteiger partial charge in [-0.3, -0.25) is 19.9 Å². The molecule has 7 nitrogen and oxygen atoms in total. The molecule has 0 saturated heterocycles. The molecule has 0 saturated carbocycles. The first-order valence-electron chi connectivity index (χ1n) is 5.09. The third-order valence-electron chi connectivity index (χ3n) is 2.17. The van der Waals surface area contributed by atoms with Crippen LogP contribution in [0.5, 0.6) is 0 Å². The summed E-state index contributed by atoms with van der Waals surface area (Å²) >= 11 is 5.63. The van der Waals surface area contributed by atoms with Crippen LogP contribution >= 0.6 is 11.6 Å². The Bertz CT molecular complexity index is 647. The molecular formula is C11H7ClN4O3. The minimum Gasteiger partial charge on any atom is -0.305 e. The summed E-state index contributed by atoms with van der Waals surface area (Å²) in [6.07, 6.45) is 2.64. The highest BCUT2D eigenvalue weighted by molar-refractivity contribution is 6.29. The third kappa shape index (κ3) is 3.23. The van der Waals surface area contributed by atoms with Gasteiger partial charge < -0.3 is 5.32 Å². The second kappa shape index (κ2) is 5.40. The molecule has 1 aromatic carbocycles. The van der Waals surface area contributed by atoms with E-state index in [0.717, 1.165) is 0 Å². The lowest BCUT2D eigenvalue weighted by Gasteiger charge is -2.03. The molecule has 0 bridgehead atoms. The maximum atomic E-state index is 11.9. The summed E-state index contributed by atoms with van der Waals surface area (Å²) in [5.41, 5.74) is -0.0131. The van der Waals surface area contributed by atoms with Gasteiger partial charge >= 0.3 is 0 Å². The number of nitro groups is 1. The molecular weight excluding hydrogens is 272 g/mol. The van der Waals surface area contributed by atoms with Gasteiger partial charge in [-0.15, -0.1) is 0 Å². The SMILES string of the molecule is O=C(Nc1cncc(Cl)n1)c1cccc([N+](=O)[O-])c1. The first-order chi connectivity index (χ1) is 9.06. The first kappa shape index (κ1) is 12.9. The summed E-state index contributed by atoms with van der Waals surface area (Å²) in [5.74, 6) is -0.357. The maximum absolute atomic E-state index is 11.9. The number of benzene rings is 1. The second-order valence-corrected chi connectivity index (χ2v) is 3.88. The van der Waals surface area contributed by atoms with Gasteiger partial charge in [-0.2, -0.15) is 0 Å². The number of amides is 1. The molecule has 0 aliphatic carbocycles. The Balaban J connectivity index is 2.20. The summed E-state index contributed by atoms with van der Waals surface area (Å²) in [5, 5.41) is 13.2. The quantitative estimate of drug-likeness (QED) is 0.686. The summed E-state index contributed by atoms with van der Waals surface area (Å²) in [4.78, 5) is 29.5. The van der Waals surface area contributed by atoms with Crippen molar-refractivity contribution in [3.8, 4) is 0 Å². The second-order valence-electron chi connectivity index (χ2n) is 3.49. The van der Waals surface area contributed by atoms with Crippen LogP contribution in [-0.4, -0.2) is 20.8 Å². The lowest BCUT2D eigenvalue weighted by atomic mass is 10.2. The van der Waals surface area contributed by atoms with Crippen LogP contribution in [-0.2, 0) is 0 Å². The van der Waals surface area contributed by atoms with Crippen LogP contribution in [0.15, 0.2) is 36.7 Å². The van der Waals surface area contributed by atoms with Crippen LogP contribution in [0.1, 0.15) is 10.4 Å². The van der Waals surface area contributed by atoms with Gasteiger partial charge in [0.2, 0.25) is 0 Å². The van der Waals surface area contributed by atoms with Gasteiger partial charge in [0, 0.05) is 17.7 Å². The van der Waals surface area contributed by atoms with Gasteiger partial charge in [-0.1, -0.05) is 17.7 Å². The molecule has 0 radical (unpaired) electrons. The molecule has 0 unspecified atom stereocenters. The van der Waals surface area contributed by atoms with Crippen LogP contribution in [0.25, 0.3) is 0 Å². The predicted octanol–water partition coefficient (Wildman–Crippen LogP) is 2.29. The average Bonchev–Trinajstić information content (AvgIpc) is 2.39. The number of anilines is 1. The fourth-order valence-corrected chi connectivity index (χ4v) is 1.50. The van der Waals surface area contributed by atoms with E-state index in [4.69, 9.17) is 11.6 Å². The van der Waals surface area contributed by atoms with Crippen LogP contribution in [0.3, 0.4) is 0 Å². The number of carbonyl (C=O) groups is 1. The standard InChI is InChI=1S/C11H7ClN4O3/c12-9-5-13-6-10(14-9)15-11(17)7-2-1-3-8(4-7)16(18)19/h1-6H,(H,14,15,17). The van der Waals surface area contributed by atoms with E-state index in [1.807, 2.05) is 0 Å². The Morgan fingerprint density at radius 3 is 2.84 bits per heavy atom. The Morgan fingerprint density at radius 1 is 1.37 bits per heavy atom. The van der Waals surface area contributed by atoms with Crippen molar-refractivity contribution in [2.75, 3.05) is 5.32 Å². The van der Waals surface area contributed by atoms with Gasteiger partial charge in [-0.05, 0) is 6.07 Å². The molecule has 1 amide bonds. The van der Waals surface area contributed by atoms with Gasteiger partial charge in [0.25, 0.3) is 11.6 Å². The predicted molar refractivity (Wildman–Crippen MR) is 68.1 cm³/mol. The lowest BCUT2D eigenvalue weighted by molar-refractivity contribution is -0.384. The number of carbonyl (C=O) groups excluding carboxylic acids is 1. The largest absolute Gasteiger partial charge is 0.305 e. The van der Waals surface area contributed by atoms with Crippen LogP contribution in [0, 0.1) is 10.1 Å². The average molecular weight is 279 g/mol. The number of hydrogen-bond donors (Lipinski definition) is 1. The van der Waals surface area contributed by atoms with Crippen LogP contribution in [0.2, 0.25) is 5.15 Å². The van der Waals surface area contributed by atoms with E-state index in [9.17, 15) is 14.9 Å². The highest BCUT2D eigenvalue weighted by atomic mass is 35.5. The summed E-state index contributed by atoms with van der Waals surface area (Å²) in [6, 6.07) is 5.36. The number of aromatic nitrogens is 2. The number of halogens is 1. The number of non-ortho nitro benzene ring substituents is 1. The molecule has 1 aromatic heterocycles. The van der Waals surface area contributed by atoms with Gasteiger partial charge in [0.1, 0.15) is 5.15 Å². The maximum Gasteiger partial charge on any atom is 0.270 e. The van der Waals surface area contributed by atoms with E-state index >= 15 is 0 Å². The number of nitrogens with one attached hydrogen (secondary N) is 1. The summed E-state index contributed by atoms with van der Waals surface area (Å²) in [7, 11) is 0. The number of nitro benzene ring substituents is 1. The summed E-state index contributed by atoms with van der Waals surface area (Å²) < 4.78 is 0. The molecule has 2 aromatic rings. The van der Waals surface area contributed by atoms with E-state index in [0.29, 0.717) is 0 Å². The van der Waals surface area contributed by atoms with Crippen molar-refractivity contribution in [1.29, 1.82) is 0 Å². The number of nitrogens with zero attached hydrogens (tertiary/aromatic N) is 3. The topological polar surface area (TPSA) is 98.0 Å². The highest BCUT2D eigenvalue weighted by Crippen LogP contribution is 2.14. The molecule has 1 N–H and O–H groups in total. The van der Waals surface area contributed by atoms with E-state index in [2.05, 4.69) is 15.3 Å². The van der Waals surface area contributed by atoms with Crippen molar-refractivity contribution in [1.82, 2.24) is 9.97 Å². The van der Waals surface area contributed by atoms with Crippen molar-refractivity contribution >= 4 is 29.0 Å². The van der Waals surface area contributed by atoms with Crippen molar-refractivity contribution in [2.24, 2.45) is 0 Å². The molecule has 8 heteroatoms. The van der Waals surface area contributed by atoms with E-state index in [1.54, 1.807) is 0 Å². The molecule has 1 heterocycles. The molecule has 0 spiro atoms. The zero-order valence-corrected chi connectivity index (χ0v) is 10.2. The fourth-order valence-electron chi connectivity index (χ4n) is 1.35. The van der Waals surface area contributed by atoms with Crippen LogP contribution < -0.4 is 5.32 Å². The molecule has 0 fully saturated rings. The monoisotopic (exact) mass is 278 g/mol. The number of rotatable bonds is 3. The Morgan fingerprint density at radius 2 is 2.16 bits per heavy atom. The first-order valence-corrected chi connectivity index (χ1v) is 5.47. The number of hydrogen-bond acceptors (Lipinski definition) is 5. The van der Waals surface area contributed by atoms with Gasteiger partial charge in [0.15, 0.2) is 5.82 Å². The van der Waals surface area contributed by atoms with Crippen molar-refractivity contribution in [3.05, 3.63) is 57.5 Å². The smallest absolute Gasteiger partial charge is 0.270 e. The Kier molecular flexibility index (Phi) is 3.67. The Hall–Kier alpha value is -2.54. The molecule has 96 valence electrons. The fraction of sp³-hybridized carbons (Fsp3) is 0. The van der Waals surface area contributed by atoms with Gasteiger partial charge in [-0.25, -0.2) is 4.98 Å². The molecule has 2 rings (SSSR count). The minimum atomic E-state index is -0.573. The molecule has 0 aliphatic heterocycles. The van der Waals surface area contributed by atoms with Gasteiger partial charge in [0.05, 0.1) is 17.3 Å². The van der Waals surface area contributed by atoms with E-state index < -0.39 is 10.8 Å². The van der Waals surface area contributed by atoms with Crippen LogP contribution in [0.4, 0.5) is 11.5 Å². The zero-order valence-electron chi connectivity index (χ0n) is 9.41. The normalized spacial score (nSPS) is 9.95. The molecule has 19 heavy (non-hydrogen) atoms.